The van der Waals surface area contributed by atoms with Gasteiger partial charge < -0.3 is 5.11 Å². The van der Waals surface area contributed by atoms with E-state index in [0.29, 0.717) is 36.1 Å². The van der Waals surface area contributed by atoms with Crippen LogP contribution in [0, 0.1) is 11.6 Å². The average Bonchev–Trinajstić information content (AvgIpc) is 2.70. The molecule has 0 saturated carbocycles. The highest BCUT2D eigenvalue weighted by molar-refractivity contribution is 5.90. The molecule has 0 fully saturated rings. The van der Waals surface area contributed by atoms with Gasteiger partial charge in [0.2, 0.25) is 0 Å². The van der Waals surface area contributed by atoms with E-state index in [9.17, 15) is 13.6 Å². The summed E-state index contributed by atoms with van der Waals surface area (Å²) in [6, 6.07) is 7.80. The lowest BCUT2D eigenvalue weighted by Crippen LogP contribution is -2.06. The number of nitrogens with zero attached hydrogens (tertiary/aromatic N) is 1. The van der Waals surface area contributed by atoms with Crippen molar-refractivity contribution in [1.29, 1.82) is 0 Å². The van der Waals surface area contributed by atoms with Crippen molar-refractivity contribution in [2.45, 2.75) is 25.2 Å². The minimum Gasteiger partial charge on any atom is -0.478 e. The van der Waals surface area contributed by atoms with Gasteiger partial charge in [-0.3, -0.25) is 4.98 Å². The standard InChI is InChI=1S/C18H15F2NO2/c19-15-5-1-4-14(17(15)20)11-6-7-13(10-16(22)23)18-12(9-11)3-2-8-21-18/h1-5,8,10-11H,6-7,9H2,(H,22,23)/b13-10+. The number of hydrogen-bond acceptors (Lipinski definition) is 2. The summed E-state index contributed by atoms with van der Waals surface area (Å²) in [5.74, 6) is -2.94. The number of allylic oxidation sites excluding steroid dienone is 1. The van der Waals surface area contributed by atoms with Crippen LogP contribution < -0.4 is 0 Å². The molecule has 118 valence electrons. The minimum absolute atomic E-state index is 0.214. The number of pyridine rings is 1. The van der Waals surface area contributed by atoms with Gasteiger partial charge in [0.1, 0.15) is 0 Å². The highest BCUT2D eigenvalue weighted by Crippen LogP contribution is 2.37. The smallest absolute Gasteiger partial charge is 0.328 e. The lowest BCUT2D eigenvalue weighted by atomic mass is 9.90. The lowest BCUT2D eigenvalue weighted by Gasteiger charge is -2.16. The molecule has 1 aliphatic carbocycles. The van der Waals surface area contributed by atoms with Gasteiger partial charge >= 0.3 is 5.97 Å². The fraction of sp³-hybridized carbons (Fsp3) is 0.222. The van der Waals surface area contributed by atoms with Crippen LogP contribution in [-0.2, 0) is 11.2 Å². The molecule has 0 spiro atoms. The summed E-state index contributed by atoms with van der Waals surface area (Å²) in [6.07, 6.45) is 4.25. The summed E-state index contributed by atoms with van der Waals surface area (Å²) in [7, 11) is 0. The largest absolute Gasteiger partial charge is 0.478 e. The monoisotopic (exact) mass is 315 g/mol. The van der Waals surface area contributed by atoms with E-state index in [1.165, 1.54) is 6.07 Å². The van der Waals surface area contributed by atoms with Crippen LogP contribution in [-0.4, -0.2) is 16.1 Å². The van der Waals surface area contributed by atoms with E-state index in [2.05, 4.69) is 4.98 Å². The second-order valence-corrected chi connectivity index (χ2v) is 5.60. The Hall–Kier alpha value is -2.56. The van der Waals surface area contributed by atoms with Crippen molar-refractivity contribution in [2.24, 2.45) is 0 Å². The first-order valence-electron chi connectivity index (χ1n) is 7.38. The Kier molecular flexibility index (Phi) is 4.19. The molecular weight excluding hydrogens is 300 g/mol. The van der Waals surface area contributed by atoms with Gasteiger partial charge in [-0.05, 0) is 54.0 Å². The number of halogens is 2. The van der Waals surface area contributed by atoms with Gasteiger partial charge in [-0.1, -0.05) is 18.2 Å². The Balaban J connectivity index is 2.04. The summed E-state index contributed by atoms with van der Waals surface area (Å²) >= 11 is 0. The van der Waals surface area contributed by atoms with Crippen LogP contribution in [0.25, 0.3) is 5.57 Å². The number of rotatable bonds is 2. The molecule has 1 heterocycles. The predicted molar refractivity (Wildman–Crippen MR) is 81.9 cm³/mol. The third kappa shape index (κ3) is 3.13. The first-order valence-corrected chi connectivity index (χ1v) is 7.38. The lowest BCUT2D eigenvalue weighted by molar-refractivity contribution is -0.131. The number of carbonyl (C=O) groups is 1. The molecule has 0 amide bonds. The van der Waals surface area contributed by atoms with E-state index in [-0.39, 0.29) is 5.92 Å². The van der Waals surface area contributed by atoms with E-state index >= 15 is 0 Å². The zero-order valence-corrected chi connectivity index (χ0v) is 12.3. The van der Waals surface area contributed by atoms with Gasteiger partial charge in [0.15, 0.2) is 11.6 Å². The van der Waals surface area contributed by atoms with Gasteiger partial charge in [0.05, 0.1) is 5.69 Å². The van der Waals surface area contributed by atoms with Crippen molar-refractivity contribution >= 4 is 11.5 Å². The maximum absolute atomic E-state index is 14.1. The van der Waals surface area contributed by atoms with Crippen LogP contribution in [0.15, 0.2) is 42.6 Å². The van der Waals surface area contributed by atoms with E-state index in [4.69, 9.17) is 5.11 Å². The quantitative estimate of drug-likeness (QED) is 0.674. The number of benzene rings is 1. The molecular formula is C18H15F2NO2. The zero-order valence-electron chi connectivity index (χ0n) is 12.3. The molecule has 1 aromatic heterocycles. The molecule has 0 aliphatic heterocycles. The van der Waals surface area contributed by atoms with E-state index in [1.54, 1.807) is 18.3 Å². The van der Waals surface area contributed by atoms with Crippen LogP contribution >= 0.6 is 0 Å². The van der Waals surface area contributed by atoms with Gasteiger partial charge in [-0.15, -0.1) is 0 Å². The zero-order chi connectivity index (χ0) is 16.4. The third-order valence-corrected chi connectivity index (χ3v) is 4.14. The second-order valence-electron chi connectivity index (χ2n) is 5.60. The Labute approximate surface area is 132 Å². The number of aromatic nitrogens is 1. The summed E-state index contributed by atoms with van der Waals surface area (Å²) in [5, 5.41) is 9.03. The van der Waals surface area contributed by atoms with Gasteiger partial charge in [0.25, 0.3) is 0 Å². The summed E-state index contributed by atoms with van der Waals surface area (Å²) < 4.78 is 27.6. The number of hydrogen-bond donors (Lipinski definition) is 1. The number of aliphatic carboxylic acids is 1. The molecule has 3 nitrogen and oxygen atoms in total. The fourth-order valence-corrected chi connectivity index (χ4v) is 3.10. The Morgan fingerprint density at radius 3 is 2.87 bits per heavy atom. The Morgan fingerprint density at radius 1 is 1.26 bits per heavy atom. The minimum atomic E-state index is -1.04. The molecule has 0 saturated heterocycles. The number of carboxylic acid groups (broad SMARTS) is 1. The molecule has 23 heavy (non-hydrogen) atoms. The molecule has 1 aromatic carbocycles. The molecule has 1 aliphatic rings. The maximum atomic E-state index is 14.1. The predicted octanol–water partition coefficient (Wildman–Crippen LogP) is 3.95. The molecule has 0 radical (unpaired) electrons. The van der Waals surface area contributed by atoms with Crippen molar-refractivity contribution in [3.05, 3.63) is 71.1 Å². The highest BCUT2D eigenvalue weighted by Gasteiger charge is 2.25. The summed E-state index contributed by atoms with van der Waals surface area (Å²) in [4.78, 5) is 15.3. The van der Waals surface area contributed by atoms with Crippen LogP contribution in [0.3, 0.4) is 0 Å². The van der Waals surface area contributed by atoms with Gasteiger partial charge in [-0.25, -0.2) is 13.6 Å². The van der Waals surface area contributed by atoms with E-state index < -0.39 is 17.6 Å². The van der Waals surface area contributed by atoms with Crippen LogP contribution in [0.2, 0.25) is 0 Å². The van der Waals surface area contributed by atoms with Crippen molar-refractivity contribution in [2.75, 3.05) is 0 Å². The van der Waals surface area contributed by atoms with Crippen molar-refractivity contribution < 1.29 is 18.7 Å². The fourth-order valence-electron chi connectivity index (χ4n) is 3.10. The average molecular weight is 315 g/mol. The molecule has 5 heteroatoms. The molecule has 1 N–H and O–H groups in total. The maximum Gasteiger partial charge on any atom is 0.328 e. The van der Waals surface area contributed by atoms with Crippen molar-refractivity contribution in [3.63, 3.8) is 0 Å². The SMILES string of the molecule is O=C(O)/C=C1\CCC(c2cccc(F)c2F)Cc2cccnc21. The van der Waals surface area contributed by atoms with Crippen LogP contribution in [0.1, 0.15) is 35.6 Å². The van der Waals surface area contributed by atoms with Gasteiger partial charge in [-0.2, -0.15) is 0 Å². The second kappa shape index (κ2) is 6.28. The molecule has 2 aromatic rings. The Bertz CT molecular complexity index is 786. The first-order chi connectivity index (χ1) is 11.1. The van der Waals surface area contributed by atoms with Crippen molar-refractivity contribution in [1.82, 2.24) is 4.98 Å². The number of fused-ring (bicyclic) bond motifs is 1. The Morgan fingerprint density at radius 2 is 2.09 bits per heavy atom. The molecule has 1 atom stereocenters. The van der Waals surface area contributed by atoms with E-state index in [0.717, 1.165) is 17.7 Å². The topological polar surface area (TPSA) is 50.2 Å². The number of carboxylic acids is 1. The molecule has 1 unspecified atom stereocenters. The summed E-state index contributed by atoms with van der Waals surface area (Å²) in [5.41, 5.74) is 2.43. The molecule has 3 rings (SSSR count). The summed E-state index contributed by atoms with van der Waals surface area (Å²) in [6.45, 7) is 0. The molecule has 0 bridgehead atoms. The third-order valence-electron chi connectivity index (χ3n) is 4.14. The van der Waals surface area contributed by atoms with E-state index in [1.807, 2.05) is 6.07 Å². The van der Waals surface area contributed by atoms with Gasteiger partial charge in [0, 0.05) is 12.3 Å². The normalized spacial score (nSPS) is 19.2. The van der Waals surface area contributed by atoms with Crippen LogP contribution in [0.5, 0.6) is 0 Å². The highest BCUT2D eigenvalue weighted by atomic mass is 19.2. The van der Waals surface area contributed by atoms with Crippen LogP contribution in [0.4, 0.5) is 8.78 Å². The first kappa shape index (κ1) is 15.3. The van der Waals surface area contributed by atoms with Crippen molar-refractivity contribution in [3.8, 4) is 0 Å².